The molecule has 4 rings (SSSR count). The second kappa shape index (κ2) is 3.95. The maximum absolute atomic E-state index is 4.30. The lowest BCUT2D eigenvalue weighted by Crippen LogP contribution is -2.15. The fourth-order valence-corrected chi connectivity index (χ4v) is 3.73. The van der Waals surface area contributed by atoms with Gasteiger partial charge >= 0.3 is 0 Å². The summed E-state index contributed by atoms with van der Waals surface area (Å²) in [4.78, 5) is 4.30. The Morgan fingerprint density at radius 1 is 1.28 bits per heavy atom. The third-order valence-corrected chi connectivity index (χ3v) is 4.77. The van der Waals surface area contributed by atoms with E-state index in [0.717, 1.165) is 6.54 Å². The highest BCUT2D eigenvalue weighted by Crippen LogP contribution is 2.35. The van der Waals surface area contributed by atoms with Crippen molar-refractivity contribution < 1.29 is 0 Å². The second-order valence-corrected chi connectivity index (χ2v) is 5.87. The first-order chi connectivity index (χ1) is 8.92. The highest BCUT2D eigenvalue weighted by atomic mass is 32.1. The Balaban J connectivity index is 1.84. The second-order valence-electron chi connectivity index (χ2n) is 4.92. The molecule has 18 heavy (non-hydrogen) atoms. The van der Waals surface area contributed by atoms with Crippen LogP contribution in [0.2, 0.25) is 0 Å². The van der Waals surface area contributed by atoms with Crippen molar-refractivity contribution in [2.75, 3.05) is 0 Å². The zero-order valence-corrected chi connectivity index (χ0v) is 10.9. The average molecular weight is 254 g/mol. The molecule has 2 aromatic heterocycles. The molecular formula is C15H14N2S. The zero-order chi connectivity index (χ0) is 11.9. The molecule has 0 fully saturated rings. The molecule has 0 aliphatic carbocycles. The smallest absolute Gasteiger partial charge is 0.0948 e. The van der Waals surface area contributed by atoms with E-state index in [1.807, 2.05) is 23.9 Å². The summed E-state index contributed by atoms with van der Waals surface area (Å²) in [5, 5.41) is 3.54. The van der Waals surface area contributed by atoms with Crippen LogP contribution in [-0.4, -0.2) is 9.55 Å². The van der Waals surface area contributed by atoms with Crippen LogP contribution in [0, 0.1) is 0 Å². The molecule has 0 bridgehead atoms. The molecule has 1 atom stereocenters. The van der Waals surface area contributed by atoms with Crippen molar-refractivity contribution >= 4 is 21.4 Å². The van der Waals surface area contributed by atoms with Crippen LogP contribution < -0.4 is 0 Å². The number of imidazole rings is 1. The lowest BCUT2D eigenvalue weighted by molar-refractivity contribution is 0.491. The molecule has 0 N–H and O–H groups in total. The van der Waals surface area contributed by atoms with Crippen LogP contribution in [-0.2, 0) is 6.54 Å². The number of thiophene rings is 1. The predicted molar refractivity (Wildman–Crippen MR) is 75.1 cm³/mol. The molecule has 3 heterocycles. The van der Waals surface area contributed by atoms with E-state index < -0.39 is 0 Å². The van der Waals surface area contributed by atoms with E-state index >= 15 is 0 Å². The molecule has 3 aromatic rings. The molecule has 3 heteroatoms. The number of hydrogen-bond acceptors (Lipinski definition) is 2. The molecule has 1 aromatic carbocycles. The lowest BCUT2D eigenvalue weighted by Gasteiger charge is -2.24. The standard InChI is InChI=1S/C15H14N2S/c1-2-13(14-9-16-10-17(14)6-1)11-3-4-15-12(8-11)5-7-18-15/h3-5,7-10,13H,1-2,6H2. The van der Waals surface area contributed by atoms with Crippen LogP contribution in [0.3, 0.4) is 0 Å². The van der Waals surface area contributed by atoms with Crippen LogP contribution >= 0.6 is 11.3 Å². The monoisotopic (exact) mass is 254 g/mol. The van der Waals surface area contributed by atoms with Crippen LogP contribution in [0.1, 0.15) is 30.0 Å². The Hall–Kier alpha value is -1.61. The summed E-state index contributed by atoms with van der Waals surface area (Å²) in [5.74, 6) is 0.519. The minimum absolute atomic E-state index is 0.519. The topological polar surface area (TPSA) is 17.8 Å². The number of aromatic nitrogens is 2. The summed E-state index contributed by atoms with van der Waals surface area (Å²) in [7, 11) is 0. The van der Waals surface area contributed by atoms with Crippen molar-refractivity contribution in [3.8, 4) is 0 Å². The lowest BCUT2D eigenvalue weighted by atomic mass is 9.88. The van der Waals surface area contributed by atoms with Crippen molar-refractivity contribution in [3.63, 3.8) is 0 Å². The number of hydrogen-bond donors (Lipinski definition) is 0. The Bertz CT molecular complexity index is 695. The van der Waals surface area contributed by atoms with E-state index in [-0.39, 0.29) is 0 Å². The number of nitrogens with zero attached hydrogens (tertiary/aromatic N) is 2. The first-order valence-corrected chi connectivity index (χ1v) is 7.27. The van der Waals surface area contributed by atoms with Gasteiger partial charge in [-0.2, -0.15) is 0 Å². The van der Waals surface area contributed by atoms with Gasteiger partial charge in [0.05, 0.1) is 6.33 Å². The molecule has 1 aliphatic rings. The summed E-state index contributed by atoms with van der Waals surface area (Å²) < 4.78 is 3.68. The average Bonchev–Trinajstić information content (AvgIpc) is 3.05. The molecule has 0 amide bonds. The van der Waals surface area contributed by atoms with Gasteiger partial charge in [-0.25, -0.2) is 4.98 Å². The summed E-state index contributed by atoms with van der Waals surface area (Å²) in [6.07, 6.45) is 6.48. The van der Waals surface area contributed by atoms with Crippen LogP contribution in [0.15, 0.2) is 42.2 Å². The van der Waals surface area contributed by atoms with Gasteiger partial charge in [0.25, 0.3) is 0 Å². The van der Waals surface area contributed by atoms with E-state index in [2.05, 4.69) is 39.2 Å². The highest BCUT2D eigenvalue weighted by Gasteiger charge is 2.22. The molecule has 0 saturated heterocycles. The van der Waals surface area contributed by atoms with E-state index in [1.54, 1.807) is 0 Å². The maximum Gasteiger partial charge on any atom is 0.0948 e. The number of aryl methyl sites for hydroxylation is 1. The molecule has 1 unspecified atom stereocenters. The van der Waals surface area contributed by atoms with E-state index in [0.29, 0.717) is 5.92 Å². The predicted octanol–water partition coefficient (Wildman–Crippen LogP) is 4.02. The Kier molecular flexibility index (Phi) is 2.27. The Morgan fingerprint density at radius 2 is 2.28 bits per heavy atom. The third-order valence-electron chi connectivity index (χ3n) is 3.87. The van der Waals surface area contributed by atoms with Gasteiger partial charge in [-0.15, -0.1) is 11.3 Å². The first kappa shape index (κ1) is 10.3. The third kappa shape index (κ3) is 1.51. The van der Waals surface area contributed by atoms with E-state index in [4.69, 9.17) is 0 Å². The van der Waals surface area contributed by atoms with Crippen molar-refractivity contribution in [2.45, 2.75) is 25.3 Å². The summed E-state index contributed by atoms with van der Waals surface area (Å²) in [5.41, 5.74) is 2.80. The van der Waals surface area contributed by atoms with Gasteiger partial charge in [-0.3, -0.25) is 0 Å². The fraction of sp³-hybridized carbons (Fsp3) is 0.267. The van der Waals surface area contributed by atoms with E-state index in [9.17, 15) is 0 Å². The van der Waals surface area contributed by atoms with Crippen LogP contribution in [0.5, 0.6) is 0 Å². The van der Waals surface area contributed by atoms with Gasteiger partial charge in [0.15, 0.2) is 0 Å². The quantitative estimate of drug-likeness (QED) is 0.641. The molecule has 0 radical (unpaired) electrons. The molecular weight excluding hydrogens is 240 g/mol. The van der Waals surface area contributed by atoms with Gasteiger partial charge < -0.3 is 4.57 Å². The highest BCUT2D eigenvalue weighted by molar-refractivity contribution is 7.17. The molecule has 2 nitrogen and oxygen atoms in total. The maximum atomic E-state index is 4.30. The molecule has 90 valence electrons. The number of rotatable bonds is 1. The van der Waals surface area contributed by atoms with Crippen LogP contribution in [0.4, 0.5) is 0 Å². The largest absolute Gasteiger partial charge is 0.334 e. The van der Waals surface area contributed by atoms with Crippen molar-refractivity contribution in [1.29, 1.82) is 0 Å². The summed E-state index contributed by atoms with van der Waals surface area (Å²) in [6, 6.07) is 9.10. The fourth-order valence-electron chi connectivity index (χ4n) is 2.96. The number of benzene rings is 1. The minimum atomic E-state index is 0.519. The summed E-state index contributed by atoms with van der Waals surface area (Å²) in [6.45, 7) is 1.12. The van der Waals surface area contributed by atoms with Crippen molar-refractivity contribution in [2.24, 2.45) is 0 Å². The minimum Gasteiger partial charge on any atom is -0.334 e. The van der Waals surface area contributed by atoms with Crippen molar-refractivity contribution in [1.82, 2.24) is 9.55 Å². The van der Waals surface area contributed by atoms with Crippen molar-refractivity contribution in [3.05, 3.63) is 53.4 Å². The zero-order valence-electron chi connectivity index (χ0n) is 10.0. The molecule has 0 spiro atoms. The number of fused-ring (bicyclic) bond motifs is 2. The first-order valence-electron chi connectivity index (χ1n) is 6.39. The van der Waals surface area contributed by atoms with Gasteiger partial charge in [-0.05, 0) is 47.4 Å². The van der Waals surface area contributed by atoms with Gasteiger partial charge in [0.2, 0.25) is 0 Å². The van der Waals surface area contributed by atoms with E-state index in [1.165, 1.54) is 34.2 Å². The Labute approximate surface area is 110 Å². The van der Waals surface area contributed by atoms with Gasteiger partial charge in [0, 0.05) is 29.1 Å². The normalized spacial score (nSPS) is 19.0. The van der Waals surface area contributed by atoms with Crippen LogP contribution in [0.25, 0.3) is 10.1 Å². The molecule has 1 aliphatic heterocycles. The van der Waals surface area contributed by atoms with Gasteiger partial charge in [-0.1, -0.05) is 6.07 Å². The molecule has 0 saturated carbocycles. The van der Waals surface area contributed by atoms with Gasteiger partial charge in [0.1, 0.15) is 0 Å². The summed E-state index contributed by atoms with van der Waals surface area (Å²) >= 11 is 1.81. The SMILES string of the molecule is c1cc2cc(C3CCCn4cncc43)ccc2s1. The Morgan fingerprint density at radius 3 is 3.28 bits per heavy atom.